The van der Waals surface area contributed by atoms with E-state index in [9.17, 15) is 0 Å². The fraction of sp³-hybridized carbons (Fsp3) is 0.455. The number of rotatable bonds is 4. The lowest BCUT2D eigenvalue weighted by Gasteiger charge is -2.34. The monoisotopic (exact) mass is 206 g/mol. The summed E-state index contributed by atoms with van der Waals surface area (Å²) in [7, 11) is 0. The third-order valence-electron chi connectivity index (χ3n) is 2.62. The fourth-order valence-electron chi connectivity index (χ4n) is 1.66. The summed E-state index contributed by atoms with van der Waals surface area (Å²) in [6, 6.07) is 1.85. The van der Waals surface area contributed by atoms with E-state index in [1.807, 2.05) is 23.9 Å². The van der Waals surface area contributed by atoms with Crippen LogP contribution in [0.1, 0.15) is 19.3 Å². The molecule has 2 rings (SSSR count). The van der Waals surface area contributed by atoms with Gasteiger partial charge >= 0.3 is 0 Å². The first-order valence-corrected chi connectivity index (χ1v) is 5.82. The maximum absolute atomic E-state index is 4.22. The zero-order chi connectivity index (χ0) is 9.80. The summed E-state index contributed by atoms with van der Waals surface area (Å²) >= 11 is 1.81. The molecule has 2 nitrogen and oxygen atoms in total. The molecule has 1 heterocycles. The third-order valence-corrected chi connectivity index (χ3v) is 3.96. The minimum Gasteiger partial charge on any atom is -0.231 e. The van der Waals surface area contributed by atoms with Crippen LogP contribution in [0, 0.1) is 5.92 Å². The standard InChI is InChI=1S/C11H14N2S/c1-2-4-9-5-6-10(9)14-11-12-7-3-8-13-11/h2-3,7-10H,1,4-6H2. The SMILES string of the molecule is C=CCC1CCC1Sc1ncccn1. The third kappa shape index (κ3) is 2.15. The van der Waals surface area contributed by atoms with Crippen molar-refractivity contribution in [1.82, 2.24) is 9.97 Å². The lowest BCUT2D eigenvalue weighted by atomic mass is 9.82. The minimum atomic E-state index is 0.704. The predicted octanol–water partition coefficient (Wildman–Crippen LogP) is 2.92. The van der Waals surface area contributed by atoms with Crippen molar-refractivity contribution in [3.8, 4) is 0 Å². The van der Waals surface area contributed by atoms with Crippen LogP contribution in [0.2, 0.25) is 0 Å². The van der Waals surface area contributed by atoms with Gasteiger partial charge < -0.3 is 0 Å². The highest BCUT2D eigenvalue weighted by Gasteiger charge is 2.30. The molecule has 1 aliphatic carbocycles. The van der Waals surface area contributed by atoms with Gasteiger partial charge in [-0.2, -0.15) is 0 Å². The highest BCUT2D eigenvalue weighted by molar-refractivity contribution is 7.99. The molecule has 0 N–H and O–H groups in total. The van der Waals surface area contributed by atoms with Gasteiger partial charge in [0.15, 0.2) is 5.16 Å². The van der Waals surface area contributed by atoms with E-state index in [1.165, 1.54) is 12.8 Å². The lowest BCUT2D eigenvalue weighted by Crippen LogP contribution is -2.28. The molecule has 0 radical (unpaired) electrons. The Labute approximate surface area is 88.9 Å². The Bertz CT molecular complexity index is 299. The summed E-state index contributed by atoms with van der Waals surface area (Å²) in [5.41, 5.74) is 0. The van der Waals surface area contributed by atoms with E-state index < -0.39 is 0 Å². The van der Waals surface area contributed by atoms with Crippen LogP contribution in [-0.2, 0) is 0 Å². The van der Waals surface area contributed by atoms with Gasteiger partial charge in [-0.25, -0.2) is 9.97 Å². The Morgan fingerprint density at radius 1 is 1.43 bits per heavy atom. The van der Waals surface area contributed by atoms with E-state index in [2.05, 4.69) is 16.5 Å². The summed E-state index contributed by atoms with van der Waals surface area (Å²) in [5, 5.41) is 1.61. The second-order valence-corrected chi connectivity index (χ2v) is 4.76. The van der Waals surface area contributed by atoms with Crippen molar-refractivity contribution in [3.05, 3.63) is 31.1 Å². The summed E-state index contributed by atoms with van der Waals surface area (Å²) in [5.74, 6) is 0.793. The first-order chi connectivity index (χ1) is 6.90. The molecule has 3 heteroatoms. The van der Waals surface area contributed by atoms with Gasteiger partial charge in [-0.1, -0.05) is 17.8 Å². The summed E-state index contributed by atoms with van der Waals surface area (Å²) in [6.07, 6.45) is 9.37. The Kier molecular flexibility index (Phi) is 3.19. The van der Waals surface area contributed by atoms with Gasteiger partial charge in [0.05, 0.1) is 0 Å². The van der Waals surface area contributed by atoms with Crippen molar-refractivity contribution in [1.29, 1.82) is 0 Å². The molecule has 0 bridgehead atoms. The zero-order valence-corrected chi connectivity index (χ0v) is 8.91. The highest BCUT2D eigenvalue weighted by Crippen LogP contribution is 2.41. The summed E-state index contributed by atoms with van der Waals surface area (Å²) < 4.78 is 0. The molecule has 1 saturated carbocycles. The van der Waals surface area contributed by atoms with E-state index in [1.54, 1.807) is 12.4 Å². The van der Waals surface area contributed by atoms with Crippen LogP contribution in [0.3, 0.4) is 0 Å². The van der Waals surface area contributed by atoms with Crippen LogP contribution in [0.15, 0.2) is 36.3 Å². The number of nitrogens with zero attached hydrogens (tertiary/aromatic N) is 2. The molecule has 1 aromatic rings. The summed E-state index contributed by atoms with van der Waals surface area (Å²) in [6.45, 7) is 3.78. The predicted molar refractivity (Wildman–Crippen MR) is 59.2 cm³/mol. The number of allylic oxidation sites excluding steroid dienone is 1. The molecular weight excluding hydrogens is 192 g/mol. The maximum atomic E-state index is 4.22. The normalized spacial score (nSPS) is 25.4. The van der Waals surface area contributed by atoms with Crippen LogP contribution in [0.5, 0.6) is 0 Å². The zero-order valence-electron chi connectivity index (χ0n) is 8.10. The topological polar surface area (TPSA) is 25.8 Å². The van der Waals surface area contributed by atoms with E-state index in [0.29, 0.717) is 5.25 Å². The molecule has 0 aromatic carbocycles. The quantitative estimate of drug-likeness (QED) is 0.559. The number of hydrogen-bond donors (Lipinski definition) is 0. The Hall–Kier alpha value is -0.830. The molecule has 0 spiro atoms. The summed E-state index contributed by atoms with van der Waals surface area (Å²) in [4.78, 5) is 8.44. The van der Waals surface area contributed by atoms with Gasteiger partial charge in [0.2, 0.25) is 0 Å². The minimum absolute atomic E-state index is 0.704. The highest BCUT2D eigenvalue weighted by atomic mass is 32.2. The van der Waals surface area contributed by atoms with Crippen molar-refractivity contribution in [3.63, 3.8) is 0 Å². The largest absolute Gasteiger partial charge is 0.231 e. The molecular formula is C11H14N2S. The average molecular weight is 206 g/mol. The van der Waals surface area contributed by atoms with Crippen molar-refractivity contribution in [2.24, 2.45) is 5.92 Å². The number of hydrogen-bond acceptors (Lipinski definition) is 3. The first-order valence-electron chi connectivity index (χ1n) is 4.94. The average Bonchev–Trinajstić information content (AvgIpc) is 2.23. The van der Waals surface area contributed by atoms with Crippen molar-refractivity contribution in [2.75, 3.05) is 0 Å². The lowest BCUT2D eigenvalue weighted by molar-refractivity contribution is 0.335. The second-order valence-electron chi connectivity index (χ2n) is 3.55. The van der Waals surface area contributed by atoms with Crippen molar-refractivity contribution in [2.45, 2.75) is 29.7 Å². The van der Waals surface area contributed by atoms with Crippen LogP contribution in [0.4, 0.5) is 0 Å². The van der Waals surface area contributed by atoms with Gasteiger partial charge in [-0.05, 0) is 31.2 Å². The van der Waals surface area contributed by atoms with E-state index in [-0.39, 0.29) is 0 Å². The van der Waals surface area contributed by atoms with E-state index in [4.69, 9.17) is 0 Å². The maximum Gasteiger partial charge on any atom is 0.187 e. The van der Waals surface area contributed by atoms with Gasteiger partial charge in [0, 0.05) is 17.6 Å². The fourth-order valence-corrected chi connectivity index (χ4v) is 2.87. The molecule has 1 aliphatic rings. The van der Waals surface area contributed by atoms with Gasteiger partial charge in [0.25, 0.3) is 0 Å². The van der Waals surface area contributed by atoms with Gasteiger partial charge in [0.1, 0.15) is 0 Å². The Morgan fingerprint density at radius 2 is 2.21 bits per heavy atom. The van der Waals surface area contributed by atoms with Crippen LogP contribution in [0.25, 0.3) is 0 Å². The molecule has 2 unspecified atom stereocenters. The van der Waals surface area contributed by atoms with Crippen LogP contribution < -0.4 is 0 Å². The molecule has 74 valence electrons. The Morgan fingerprint density at radius 3 is 2.79 bits per heavy atom. The smallest absolute Gasteiger partial charge is 0.187 e. The molecule has 0 amide bonds. The molecule has 1 aromatic heterocycles. The van der Waals surface area contributed by atoms with Gasteiger partial charge in [-0.15, -0.1) is 6.58 Å². The van der Waals surface area contributed by atoms with Crippen LogP contribution in [-0.4, -0.2) is 15.2 Å². The second kappa shape index (κ2) is 4.60. The number of thioether (sulfide) groups is 1. The first kappa shape index (κ1) is 9.71. The molecule has 1 fully saturated rings. The molecule has 0 aliphatic heterocycles. The molecule has 14 heavy (non-hydrogen) atoms. The van der Waals surface area contributed by atoms with Crippen molar-refractivity contribution >= 4 is 11.8 Å². The van der Waals surface area contributed by atoms with Crippen molar-refractivity contribution < 1.29 is 0 Å². The number of aromatic nitrogens is 2. The Balaban J connectivity index is 1.89. The van der Waals surface area contributed by atoms with E-state index >= 15 is 0 Å². The molecule has 2 atom stereocenters. The van der Waals surface area contributed by atoms with Gasteiger partial charge in [-0.3, -0.25) is 0 Å². The van der Waals surface area contributed by atoms with E-state index in [0.717, 1.165) is 17.5 Å². The van der Waals surface area contributed by atoms with Crippen LogP contribution >= 0.6 is 11.8 Å². The molecule has 0 saturated heterocycles.